The van der Waals surface area contributed by atoms with Crippen molar-refractivity contribution in [3.05, 3.63) is 28.2 Å². The lowest BCUT2D eigenvalue weighted by molar-refractivity contribution is 0.0322. The lowest BCUT2D eigenvalue weighted by Crippen LogP contribution is -2.38. The third-order valence-electron chi connectivity index (χ3n) is 3.32. The van der Waals surface area contributed by atoms with Gasteiger partial charge in [0.1, 0.15) is 12.4 Å². The van der Waals surface area contributed by atoms with Crippen molar-refractivity contribution < 1.29 is 9.47 Å². The van der Waals surface area contributed by atoms with Crippen LogP contribution in [0.3, 0.4) is 0 Å². The summed E-state index contributed by atoms with van der Waals surface area (Å²) in [5.41, 5.74) is 7.04. The van der Waals surface area contributed by atoms with Crippen molar-refractivity contribution >= 4 is 15.9 Å². The van der Waals surface area contributed by atoms with Gasteiger partial charge in [0.15, 0.2) is 0 Å². The summed E-state index contributed by atoms with van der Waals surface area (Å²) in [6.45, 7) is 7.31. The Morgan fingerprint density at radius 3 is 2.80 bits per heavy atom. The lowest BCUT2D eigenvalue weighted by atomic mass is 10.1. The summed E-state index contributed by atoms with van der Waals surface area (Å²) in [6, 6.07) is 6.36. The third-order valence-corrected chi connectivity index (χ3v) is 3.94. The molecule has 1 saturated heterocycles. The highest BCUT2D eigenvalue weighted by Gasteiger charge is 2.10. The molecular weight excluding hydrogens is 320 g/mol. The largest absolute Gasteiger partial charge is 0.491 e. The first-order chi connectivity index (χ1) is 9.65. The van der Waals surface area contributed by atoms with Gasteiger partial charge in [-0.25, -0.2) is 0 Å². The molecule has 0 amide bonds. The van der Waals surface area contributed by atoms with E-state index in [1.54, 1.807) is 0 Å². The second kappa shape index (κ2) is 7.98. The summed E-state index contributed by atoms with van der Waals surface area (Å²) in [6.07, 6.45) is 0.882. The van der Waals surface area contributed by atoms with E-state index in [1.807, 2.05) is 13.0 Å². The Hall–Kier alpha value is -0.620. The van der Waals surface area contributed by atoms with Crippen LogP contribution in [0.2, 0.25) is 0 Å². The summed E-state index contributed by atoms with van der Waals surface area (Å²) in [5.74, 6) is 0.895. The summed E-state index contributed by atoms with van der Waals surface area (Å²) >= 11 is 3.56. The predicted molar refractivity (Wildman–Crippen MR) is 84.2 cm³/mol. The van der Waals surface area contributed by atoms with E-state index in [2.05, 4.69) is 33.0 Å². The SMILES string of the molecule is CC(N)Cc1ccc(OCCN2CCOCC2)c(Br)c1. The highest BCUT2D eigenvalue weighted by Crippen LogP contribution is 2.26. The van der Waals surface area contributed by atoms with Gasteiger partial charge >= 0.3 is 0 Å². The van der Waals surface area contributed by atoms with Crippen LogP contribution in [0.15, 0.2) is 22.7 Å². The molecule has 2 rings (SSSR count). The third kappa shape index (κ3) is 5.05. The fourth-order valence-corrected chi connectivity index (χ4v) is 2.81. The summed E-state index contributed by atoms with van der Waals surface area (Å²) in [7, 11) is 0. The fourth-order valence-electron chi connectivity index (χ4n) is 2.27. The zero-order valence-electron chi connectivity index (χ0n) is 12.0. The minimum atomic E-state index is 0.176. The topological polar surface area (TPSA) is 47.7 Å². The molecule has 1 aliphatic rings. The molecule has 1 fully saturated rings. The molecule has 1 aromatic carbocycles. The van der Waals surface area contributed by atoms with Gasteiger partial charge in [-0.2, -0.15) is 0 Å². The van der Waals surface area contributed by atoms with Crippen LogP contribution in [-0.2, 0) is 11.2 Å². The van der Waals surface area contributed by atoms with Crippen molar-refractivity contribution in [1.29, 1.82) is 0 Å². The Kier molecular flexibility index (Phi) is 6.29. The highest BCUT2D eigenvalue weighted by atomic mass is 79.9. The average Bonchev–Trinajstić information content (AvgIpc) is 2.42. The molecule has 0 radical (unpaired) electrons. The molecule has 1 atom stereocenters. The number of benzene rings is 1. The van der Waals surface area contributed by atoms with Crippen LogP contribution in [0, 0.1) is 0 Å². The van der Waals surface area contributed by atoms with Crippen molar-refractivity contribution in [2.45, 2.75) is 19.4 Å². The Morgan fingerprint density at radius 2 is 2.15 bits per heavy atom. The minimum Gasteiger partial charge on any atom is -0.491 e. The van der Waals surface area contributed by atoms with Gasteiger partial charge in [0, 0.05) is 25.7 Å². The van der Waals surface area contributed by atoms with E-state index in [-0.39, 0.29) is 6.04 Å². The monoisotopic (exact) mass is 342 g/mol. The van der Waals surface area contributed by atoms with Gasteiger partial charge in [-0.15, -0.1) is 0 Å². The van der Waals surface area contributed by atoms with Crippen molar-refractivity contribution in [2.24, 2.45) is 5.73 Å². The fraction of sp³-hybridized carbons (Fsp3) is 0.600. The molecule has 1 heterocycles. The maximum absolute atomic E-state index is 5.84. The number of ether oxygens (including phenoxy) is 2. The second-order valence-electron chi connectivity index (χ2n) is 5.25. The standard InChI is InChI=1S/C15H23BrN2O2/c1-12(17)10-13-2-3-15(14(16)11-13)20-9-6-18-4-7-19-8-5-18/h2-3,11-12H,4-10,17H2,1H3. The number of morpholine rings is 1. The smallest absolute Gasteiger partial charge is 0.133 e. The van der Waals surface area contributed by atoms with E-state index < -0.39 is 0 Å². The van der Waals surface area contributed by atoms with E-state index in [0.29, 0.717) is 6.61 Å². The number of halogens is 1. The molecule has 112 valence electrons. The van der Waals surface area contributed by atoms with Gasteiger partial charge in [0.2, 0.25) is 0 Å². The van der Waals surface area contributed by atoms with Crippen LogP contribution in [0.5, 0.6) is 5.75 Å². The molecule has 0 aliphatic carbocycles. The zero-order chi connectivity index (χ0) is 14.4. The van der Waals surface area contributed by atoms with E-state index in [1.165, 1.54) is 5.56 Å². The molecule has 1 aliphatic heterocycles. The predicted octanol–water partition coefficient (Wildman–Crippen LogP) is 2.05. The lowest BCUT2D eigenvalue weighted by Gasteiger charge is -2.26. The van der Waals surface area contributed by atoms with Crippen LogP contribution in [-0.4, -0.2) is 50.4 Å². The van der Waals surface area contributed by atoms with Crippen molar-refractivity contribution in [3.8, 4) is 5.75 Å². The Bertz CT molecular complexity index is 420. The van der Waals surface area contributed by atoms with Crippen molar-refractivity contribution in [1.82, 2.24) is 4.90 Å². The minimum absolute atomic E-state index is 0.176. The molecule has 5 heteroatoms. The molecule has 0 bridgehead atoms. The van der Waals surface area contributed by atoms with E-state index >= 15 is 0 Å². The molecule has 0 saturated carbocycles. The number of nitrogens with two attached hydrogens (primary N) is 1. The van der Waals surface area contributed by atoms with Crippen LogP contribution in [0.1, 0.15) is 12.5 Å². The van der Waals surface area contributed by atoms with E-state index in [0.717, 1.165) is 49.5 Å². The first-order valence-electron chi connectivity index (χ1n) is 7.12. The van der Waals surface area contributed by atoms with Crippen LogP contribution >= 0.6 is 15.9 Å². The molecule has 1 aromatic rings. The van der Waals surface area contributed by atoms with Crippen molar-refractivity contribution in [3.63, 3.8) is 0 Å². The molecule has 20 heavy (non-hydrogen) atoms. The van der Waals surface area contributed by atoms with Gasteiger partial charge in [0.05, 0.1) is 17.7 Å². The molecular formula is C15H23BrN2O2. The van der Waals surface area contributed by atoms with Gasteiger partial charge in [-0.3, -0.25) is 4.90 Å². The van der Waals surface area contributed by atoms with Gasteiger partial charge in [-0.1, -0.05) is 6.07 Å². The van der Waals surface area contributed by atoms with Crippen LogP contribution < -0.4 is 10.5 Å². The quantitative estimate of drug-likeness (QED) is 0.859. The number of rotatable bonds is 6. The Labute approximate surface area is 129 Å². The normalized spacial score (nSPS) is 17.9. The zero-order valence-corrected chi connectivity index (χ0v) is 13.6. The van der Waals surface area contributed by atoms with Gasteiger partial charge in [-0.05, 0) is 47.0 Å². The Morgan fingerprint density at radius 1 is 1.40 bits per heavy atom. The van der Waals surface area contributed by atoms with E-state index in [9.17, 15) is 0 Å². The first kappa shape index (κ1) is 15.8. The average molecular weight is 343 g/mol. The molecule has 2 N–H and O–H groups in total. The molecule has 1 unspecified atom stereocenters. The van der Waals surface area contributed by atoms with Crippen LogP contribution in [0.4, 0.5) is 0 Å². The summed E-state index contributed by atoms with van der Waals surface area (Å²) in [5, 5.41) is 0. The molecule has 0 spiro atoms. The first-order valence-corrected chi connectivity index (χ1v) is 7.91. The second-order valence-corrected chi connectivity index (χ2v) is 6.10. The molecule has 4 nitrogen and oxygen atoms in total. The number of hydrogen-bond donors (Lipinski definition) is 1. The Balaban J connectivity index is 1.80. The highest BCUT2D eigenvalue weighted by molar-refractivity contribution is 9.10. The summed E-state index contributed by atoms with van der Waals surface area (Å²) < 4.78 is 12.2. The van der Waals surface area contributed by atoms with Crippen LogP contribution in [0.25, 0.3) is 0 Å². The number of nitrogens with zero attached hydrogens (tertiary/aromatic N) is 1. The molecule has 0 aromatic heterocycles. The summed E-state index contributed by atoms with van der Waals surface area (Å²) in [4.78, 5) is 2.36. The maximum atomic E-state index is 5.84. The van der Waals surface area contributed by atoms with Gasteiger partial charge in [0.25, 0.3) is 0 Å². The number of hydrogen-bond acceptors (Lipinski definition) is 4. The van der Waals surface area contributed by atoms with Crippen molar-refractivity contribution in [2.75, 3.05) is 39.5 Å². The van der Waals surface area contributed by atoms with Gasteiger partial charge < -0.3 is 15.2 Å². The van der Waals surface area contributed by atoms with E-state index in [4.69, 9.17) is 15.2 Å². The maximum Gasteiger partial charge on any atom is 0.133 e.